The van der Waals surface area contributed by atoms with Gasteiger partial charge in [0.05, 0.1) is 11.1 Å². The number of aromatic nitrogens is 4. The van der Waals surface area contributed by atoms with Gasteiger partial charge in [-0.25, -0.2) is 4.98 Å². The highest BCUT2D eigenvalue weighted by molar-refractivity contribution is 7.98. The lowest BCUT2D eigenvalue weighted by molar-refractivity contribution is 0.528. The molecule has 0 atom stereocenters. The monoisotopic (exact) mass is 438 g/mol. The third kappa shape index (κ3) is 3.41. The molecule has 0 spiro atoms. The van der Waals surface area contributed by atoms with Crippen LogP contribution in [0.1, 0.15) is 5.89 Å². The SMILES string of the molecule is Cn1c(SCc2nnc(-c3ccccc3)o2)nc2scc(-c3cccs3)c2c1=O. The summed E-state index contributed by atoms with van der Waals surface area (Å²) in [4.78, 5) is 19.5. The van der Waals surface area contributed by atoms with Gasteiger partial charge in [-0.05, 0) is 23.6 Å². The zero-order chi connectivity index (χ0) is 19.8. The Hall–Kier alpha value is -2.75. The molecule has 0 N–H and O–H groups in total. The number of fused-ring (bicyclic) bond motifs is 1. The Balaban J connectivity index is 1.42. The maximum absolute atomic E-state index is 13.0. The van der Waals surface area contributed by atoms with Gasteiger partial charge in [-0.1, -0.05) is 36.0 Å². The third-order valence-electron chi connectivity index (χ3n) is 4.37. The first-order valence-electron chi connectivity index (χ1n) is 8.73. The Morgan fingerprint density at radius 3 is 2.76 bits per heavy atom. The highest BCUT2D eigenvalue weighted by Crippen LogP contribution is 2.34. The quantitative estimate of drug-likeness (QED) is 0.282. The minimum absolute atomic E-state index is 0.0438. The molecule has 1 aromatic carbocycles. The van der Waals surface area contributed by atoms with Gasteiger partial charge in [0.15, 0.2) is 5.16 Å². The topological polar surface area (TPSA) is 73.8 Å². The zero-order valence-electron chi connectivity index (χ0n) is 15.2. The first-order valence-corrected chi connectivity index (χ1v) is 11.5. The summed E-state index contributed by atoms with van der Waals surface area (Å²) in [7, 11) is 1.75. The molecule has 0 saturated carbocycles. The average Bonchev–Trinajstić information content (AvgIpc) is 3.50. The van der Waals surface area contributed by atoms with Crippen LogP contribution in [0.25, 0.3) is 32.1 Å². The van der Waals surface area contributed by atoms with E-state index in [1.807, 2.05) is 53.2 Å². The van der Waals surface area contributed by atoms with Gasteiger partial charge < -0.3 is 4.42 Å². The summed E-state index contributed by atoms with van der Waals surface area (Å²) in [6.07, 6.45) is 0. The van der Waals surface area contributed by atoms with Gasteiger partial charge in [0, 0.05) is 28.4 Å². The lowest BCUT2D eigenvalue weighted by Crippen LogP contribution is -2.19. The standard InChI is InChI=1S/C20H14N4O2S3/c1-24-19(25)16-13(14-8-5-9-27-14)10-28-18(16)21-20(24)29-11-15-22-23-17(26-15)12-6-3-2-4-7-12/h2-10H,11H2,1H3. The molecular formula is C20H14N4O2S3. The van der Waals surface area contributed by atoms with Gasteiger partial charge in [-0.15, -0.1) is 32.9 Å². The van der Waals surface area contributed by atoms with Crippen LogP contribution >= 0.6 is 34.4 Å². The van der Waals surface area contributed by atoms with E-state index < -0.39 is 0 Å². The number of hydrogen-bond donors (Lipinski definition) is 0. The molecule has 144 valence electrons. The van der Waals surface area contributed by atoms with E-state index in [4.69, 9.17) is 9.40 Å². The Bertz CT molecular complexity index is 1340. The molecule has 0 unspecified atom stereocenters. The van der Waals surface area contributed by atoms with Crippen LogP contribution in [0.5, 0.6) is 0 Å². The summed E-state index contributed by atoms with van der Waals surface area (Å²) >= 11 is 4.52. The molecule has 0 bridgehead atoms. The molecule has 5 aromatic rings. The van der Waals surface area contributed by atoms with Crippen molar-refractivity contribution < 1.29 is 4.42 Å². The first-order chi connectivity index (χ1) is 14.2. The Morgan fingerprint density at radius 2 is 1.97 bits per heavy atom. The fourth-order valence-electron chi connectivity index (χ4n) is 2.93. The molecule has 29 heavy (non-hydrogen) atoms. The molecule has 4 aromatic heterocycles. The van der Waals surface area contributed by atoms with Crippen molar-refractivity contribution in [1.82, 2.24) is 19.7 Å². The first kappa shape index (κ1) is 18.3. The molecule has 0 amide bonds. The van der Waals surface area contributed by atoms with Crippen LogP contribution in [-0.2, 0) is 12.8 Å². The average molecular weight is 439 g/mol. The number of thioether (sulfide) groups is 1. The molecule has 5 rings (SSSR count). The number of rotatable bonds is 5. The van der Waals surface area contributed by atoms with Crippen molar-refractivity contribution in [3.05, 3.63) is 69.5 Å². The van der Waals surface area contributed by atoms with E-state index >= 15 is 0 Å². The number of nitrogens with zero attached hydrogens (tertiary/aromatic N) is 4. The summed E-state index contributed by atoms with van der Waals surface area (Å²) in [5, 5.41) is 13.5. The summed E-state index contributed by atoms with van der Waals surface area (Å²) < 4.78 is 7.34. The van der Waals surface area contributed by atoms with Crippen LogP contribution in [-0.4, -0.2) is 19.7 Å². The van der Waals surface area contributed by atoms with E-state index in [1.165, 1.54) is 23.1 Å². The summed E-state index contributed by atoms with van der Waals surface area (Å²) in [5.41, 5.74) is 1.79. The zero-order valence-corrected chi connectivity index (χ0v) is 17.7. The second-order valence-corrected chi connectivity index (χ2v) is 8.97. The van der Waals surface area contributed by atoms with Crippen LogP contribution in [0.4, 0.5) is 0 Å². The highest BCUT2D eigenvalue weighted by Gasteiger charge is 2.17. The normalized spacial score (nSPS) is 11.3. The summed E-state index contributed by atoms with van der Waals surface area (Å²) in [6, 6.07) is 13.6. The predicted molar refractivity (Wildman–Crippen MR) is 117 cm³/mol. The van der Waals surface area contributed by atoms with Gasteiger partial charge in [0.25, 0.3) is 5.56 Å². The van der Waals surface area contributed by atoms with E-state index in [2.05, 4.69) is 10.2 Å². The van der Waals surface area contributed by atoms with E-state index in [-0.39, 0.29) is 5.56 Å². The molecule has 4 heterocycles. The van der Waals surface area contributed by atoms with Crippen molar-refractivity contribution in [1.29, 1.82) is 0 Å². The van der Waals surface area contributed by atoms with Gasteiger partial charge in [0.1, 0.15) is 4.83 Å². The molecule has 0 radical (unpaired) electrons. The molecule has 9 heteroatoms. The van der Waals surface area contributed by atoms with Crippen LogP contribution in [0.3, 0.4) is 0 Å². The van der Waals surface area contributed by atoms with E-state index in [0.29, 0.717) is 28.1 Å². The number of thiophene rings is 2. The van der Waals surface area contributed by atoms with Crippen molar-refractivity contribution in [3.8, 4) is 21.9 Å². The largest absolute Gasteiger partial charge is 0.420 e. The van der Waals surface area contributed by atoms with Crippen LogP contribution in [0.15, 0.2) is 67.6 Å². The van der Waals surface area contributed by atoms with Crippen molar-refractivity contribution in [2.24, 2.45) is 7.05 Å². The smallest absolute Gasteiger partial charge is 0.263 e. The second kappa shape index (κ2) is 7.58. The molecule has 0 fully saturated rings. The Kier molecular flexibility index (Phi) is 4.78. The molecule has 0 aliphatic rings. The number of hydrogen-bond acceptors (Lipinski definition) is 8. The Labute approximate surface area is 177 Å². The van der Waals surface area contributed by atoms with Crippen molar-refractivity contribution in [2.45, 2.75) is 10.9 Å². The highest BCUT2D eigenvalue weighted by atomic mass is 32.2. The van der Waals surface area contributed by atoms with Gasteiger partial charge in [-0.3, -0.25) is 9.36 Å². The predicted octanol–water partition coefficient (Wildman–Crippen LogP) is 5.07. The number of benzene rings is 1. The molecular weight excluding hydrogens is 424 g/mol. The van der Waals surface area contributed by atoms with Crippen LogP contribution < -0.4 is 5.56 Å². The van der Waals surface area contributed by atoms with Gasteiger partial charge in [0.2, 0.25) is 11.8 Å². The van der Waals surface area contributed by atoms with Crippen molar-refractivity contribution in [2.75, 3.05) is 0 Å². The molecule has 0 aliphatic heterocycles. The van der Waals surface area contributed by atoms with Crippen LogP contribution in [0.2, 0.25) is 0 Å². The third-order valence-corrected chi connectivity index (χ3v) is 7.16. The Morgan fingerprint density at radius 1 is 1.10 bits per heavy atom. The fraction of sp³-hybridized carbons (Fsp3) is 0.100. The van der Waals surface area contributed by atoms with Crippen LogP contribution in [0, 0.1) is 0 Å². The molecule has 0 aliphatic carbocycles. The minimum Gasteiger partial charge on any atom is -0.420 e. The van der Waals surface area contributed by atoms with E-state index in [0.717, 1.165) is 20.8 Å². The van der Waals surface area contributed by atoms with Gasteiger partial charge in [-0.2, -0.15) is 0 Å². The fourth-order valence-corrected chi connectivity index (χ4v) is 5.54. The van der Waals surface area contributed by atoms with Crippen molar-refractivity contribution in [3.63, 3.8) is 0 Å². The summed E-state index contributed by atoms with van der Waals surface area (Å²) in [6.45, 7) is 0. The van der Waals surface area contributed by atoms with Crippen molar-refractivity contribution >= 4 is 44.7 Å². The maximum Gasteiger partial charge on any atom is 0.263 e. The van der Waals surface area contributed by atoms with E-state index in [1.54, 1.807) is 23.0 Å². The molecule has 6 nitrogen and oxygen atoms in total. The molecule has 0 saturated heterocycles. The van der Waals surface area contributed by atoms with Gasteiger partial charge >= 0.3 is 0 Å². The lowest BCUT2D eigenvalue weighted by atomic mass is 10.2. The maximum atomic E-state index is 13.0. The second-order valence-electron chi connectivity index (χ2n) is 6.22. The lowest BCUT2D eigenvalue weighted by Gasteiger charge is -2.06. The minimum atomic E-state index is -0.0438. The summed E-state index contributed by atoms with van der Waals surface area (Å²) in [5.74, 6) is 1.42. The van der Waals surface area contributed by atoms with E-state index in [9.17, 15) is 4.79 Å².